The van der Waals surface area contributed by atoms with Crippen molar-refractivity contribution in [2.45, 2.75) is 4.90 Å². The summed E-state index contributed by atoms with van der Waals surface area (Å²) in [6, 6.07) is 10.1. The fourth-order valence-corrected chi connectivity index (χ4v) is 2.66. The number of nitrogen functional groups attached to an aromatic ring is 1. The Morgan fingerprint density at radius 3 is 2.10 bits per heavy atom. The molecule has 0 heterocycles. The Hall–Kier alpha value is -2.45. The Bertz CT molecular complexity index is 743. The Morgan fingerprint density at radius 1 is 1.00 bits per heavy atom. The van der Waals surface area contributed by atoms with E-state index in [1.807, 2.05) is 5.43 Å². The van der Waals surface area contributed by atoms with Crippen LogP contribution in [0.1, 0.15) is 10.4 Å². The topological polar surface area (TPSA) is 101 Å². The lowest BCUT2D eigenvalue weighted by Gasteiger charge is -2.08. The molecule has 0 aromatic heterocycles. The molecule has 0 saturated carbocycles. The van der Waals surface area contributed by atoms with Crippen LogP contribution in [0.3, 0.4) is 0 Å². The molecular weight excluding hydrogens is 297 g/mol. The number of hydrazine groups is 1. The lowest BCUT2D eigenvalue weighted by atomic mass is 10.2. The van der Waals surface area contributed by atoms with Crippen LogP contribution in [0.5, 0.6) is 0 Å². The number of rotatable bonds is 4. The van der Waals surface area contributed by atoms with Crippen LogP contribution < -0.4 is 16.0 Å². The van der Waals surface area contributed by atoms with Gasteiger partial charge in [0.1, 0.15) is 5.82 Å². The largest absolute Gasteiger partial charge is 0.290 e. The molecular formula is C13H12FN3O3S. The molecule has 0 atom stereocenters. The quantitative estimate of drug-likeness (QED) is 0.449. The molecule has 2 aromatic rings. The lowest BCUT2D eigenvalue weighted by Crippen LogP contribution is -2.29. The van der Waals surface area contributed by atoms with Crippen molar-refractivity contribution in [2.75, 3.05) is 4.72 Å². The van der Waals surface area contributed by atoms with Gasteiger partial charge in [0, 0.05) is 11.3 Å². The van der Waals surface area contributed by atoms with Gasteiger partial charge in [-0.05, 0) is 48.5 Å². The van der Waals surface area contributed by atoms with E-state index in [4.69, 9.17) is 5.84 Å². The van der Waals surface area contributed by atoms with Gasteiger partial charge in [0.05, 0.1) is 4.90 Å². The molecule has 110 valence electrons. The molecule has 8 heteroatoms. The number of amides is 1. The van der Waals surface area contributed by atoms with Crippen molar-refractivity contribution in [3.63, 3.8) is 0 Å². The van der Waals surface area contributed by atoms with Gasteiger partial charge in [-0.2, -0.15) is 0 Å². The number of carbonyl (C=O) groups is 1. The van der Waals surface area contributed by atoms with Crippen LogP contribution in [-0.2, 0) is 10.0 Å². The van der Waals surface area contributed by atoms with Crippen molar-refractivity contribution in [2.24, 2.45) is 5.84 Å². The summed E-state index contributed by atoms with van der Waals surface area (Å²) in [5.74, 6) is 3.98. The zero-order chi connectivity index (χ0) is 15.5. The van der Waals surface area contributed by atoms with Crippen LogP contribution >= 0.6 is 0 Å². The molecule has 1 amide bonds. The maximum atomic E-state index is 12.8. The minimum absolute atomic E-state index is 0.0623. The zero-order valence-corrected chi connectivity index (χ0v) is 11.5. The molecule has 2 rings (SSSR count). The van der Waals surface area contributed by atoms with Crippen molar-refractivity contribution < 1.29 is 17.6 Å². The number of hydrogen-bond donors (Lipinski definition) is 3. The average molecular weight is 309 g/mol. The molecule has 0 radical (unpaired) electrons. The SMILES string of the molecule is NNC(=O)c1ccc(NS(=O)(=O)c2ccc(F)cc2)cc1. The maximum Gasteiger partial charge on any atom is 0.265 e. The van der Waals surface area contributed by atoms with Gasteiger partial charge in [-0.1, -0.05) is 0 Å². The number of halogens is 1. The van der Waals surface area contributed by atoms with E-state index >= 15 is 0 Å². The molecule has 4 N–H and O–H groups in total. The van der Waals surface area contributed by atoms with Gasteiger partial charge in [0.25, 0.3) is 15.9 Å². The van der Waals surface area contributed by atoms with Gasteiger partial charge in [0.2, 0.25) is 0 Å². The van der Waals surface area contributed by atoms with Gasteiger partial charge in [0.15, 0.2) is 0 Å². The third kappa shape index (κ3) is 3.56. The highest BCUT2D eigenvalue weighted by Crippen LogP contribution is 2.17. The van der Waals surface area contributed by atoms with Crippen LogP contribution in [0.2, 0.25) is 0 Å². The first-order chi connectivity index (χ1) is 9.92. The normalized spacial score (nSPS) is 11.0. The summed E-state index contributed by atoms with van der Waals surface area (Å²) in [4.78, 5) is 11.2. The smallest absolute Gasteiger partial charge is 0.265 e. The zero-order valence-electron chi connectivity index (χ0n) is 10.7. The summed E-state index contributed by atoms with van der Waals surface area (Å²) in [5, 5.41) is 0. The fourth-order valence-electron chi connectivity index (χ4n) is 1.60. The summed E-state index contributed by atoms with van der Waals surface area (Å²) in [5.41, 5.74) is 2.53. The summed E-state index contributed by atoms with van der Waals surface area (Å²) >= 11 is 0. The van der Waals surface area contributed by atoms with Gasteiger partial charge in [-0.3, -0.25) is 14.9 Å². The van der Waals surface area contributed by atoms with Crippen molar-refractivity contribution in [1.29, 1.82) is 0 Å². The number of hydrogen-bond acceptors (Lipinski definition) is 4. The van der Waals surface area contributed by atoms with Crippen LogP contribution in [0.15, 0.2) is 53.4 Å². The molecule has 0 spiro atoms. The predicted octanol–water partition coefficient (Wildman–Crippen LogP) is 1.23. The minimum atomic E-state index is -3.81. The second-order valence-electron chi connectivity index (χ2n) is 4.11. The van der Waals surface area contributed by atoms with Crippen LogP contribution in [0.4, 0.5) is 10.1 Å². The molecule has 0 aliphatic carbocycles. The first-order valence-corrected chi connectivity index (χ1v) is 7.30. The van der Waals surface area contributed by atoms with Gasteiger partial charge in [-0.25, -0.2) is 18.7 Å². The molecule has 6 nitrogen and oxygen atoms in total. The van der Waals surface area contributed by atoms with Crippen LogP contribution in [-0.4, -0.2) is 14.3 Å². The second-order valence-corrected chi connectivity index (χ2v) is 5.79. The number of nitrogens with one attached hydrogen (secondary N) is 2. The summed E-state index contributed by atoms with van der Waals surface area (Å²) in [6.07, 6.45) is 0. The minimum Gasteiger partial charge on any atom is -0.290 e. The van der Waals surface area contributed by atoms with Gasteiger partial charge >= 0.3 is 0 Å². The lowest BCUT2D eigenvalue weighted by molar-refractivity contribution is 0.0953. The van der Waals surface area contributed by atoms with E-state index in [1.165, 1.54) is 24.3 Å². The highest BCUT2D eigenvalue weighted by atomic mass is 32.2. The predicted molar refractivity (Wildman–Crippen MR) is 75.3 cm³/mol. The number of nitrogens with two attached hydrogens (primary N) is 1. The number of benzene rings is 2. The first-order valence-electron chi connectivity index (χ1n) is 5.82. The average Bonchev–Trinajstić information content (AvgIpc) is 2.47. The molecule has 0 saturated heterocycles. The number of anilines is 1. The third-order valence-corrected chi connectivity index (χ3v) is 4.05. The molecule has 0 aliphatic heterocycles. The molecule has 0 bridgehead atoms. The van der Waals surface area contributed by atoms with E-state index in [2.05, 4.69) is 4.72 Å². The molecule has 0 fully saturated rings. The Kier molecular flexibility index (Phi) is 4.20. The first kappa shape index (κ1) is 14.9. The molecule has 2 aromatic carbocycles. The van der Waals surface area contributed by atoms with Crippen molar-refractivity contribution in [1.82, 2.24) is 5.43 Å². The second kappa shape index (κ2) is 5.90. The third-order valence-electron chi connectivity index (χ3n) is 2.65. The van der Waals surface area contributed by atoms with Crippen molar-refractivity contribution >= 4 is 21.6 Å². The summed E-state index contributed by atoms with van der Waals surface area (Å²) < 4.78 is 39.2. The molecule has 0 aliphatic rings. The monoisotopic (exact) mass is 309 g/mol. The maximum absolute atomic E-state index is 12.8. The fraction of sp³-hybridized carbons (Fsp3) is 0. The molecule has 21 heavy (non-hydrogen) atoms. The van der Waals surface area contributed by atoms with E-state index in [0.717, 1.165) is 24.3 Å². The highest BCUT2D eigenvalue weighted by molar-refractivity contribution is 7.92. The van der Waals surface area contributed by atoms with Gasteiger partial charge < -0.3 is 0 Å². The summed E-state index contributed by atoms with van der Waals surface area (Å²) in [6.45, 7) is 0. The molecule has 0 unspecified atom stereocenters. The van der Waals surface area contributed by atoms with E-state index in [1.54, 1.807) is 0 Å². The highest BCUT2D eigenvalue weighted by Gasteiger charge is 2.14. The summed E-state index contributed by atoms with van der Waals surface area (Å²) in [7, 11) is -3.81. The van der Waals surface area contributed by atoms with Crippen LogP contribution in [0.25, 0.3) is 0 Å². The van der Waals surface area contributed by atoms with E-state index in [-0.39, 0.29) is 10.6 Å². The Balaban J connectivity index is 2.20. The van der Waals surface area contributed by atoms with Crippen molar-refractivity contribution in [3.05, 3.63) is 59.9 Å². The number of carbonyl (C=O) groups excluding carboxylic acids is 1. The van der Waals surface area contributed by atoms with E-state index < -0.39 is 21.7 Å². The number of sulfonamides is 1. The van der Waals surface area contributed by atoms with E-state index in [0.29, 0.717) is 5.56 Å². The van der Waals surface area contributed by atoms with Gasteiger partial charge in [-0.15, -0.1) is 0 Å². The standard InChI is InChI=1S/C13H12FN3O3S/c14-10-3-7-12(8-4-10)21(19,20)17-11-5-1-9(2-6-11)13(18)16-15/h1-8,17H,15H2,(H,16,18). The van der Waals surface area contributed by atoms with E-state index in [9.17, 15) is 17.6 Å². The van der Waals surface area contributed by atoms with Crippen LogP contribution in [0, 0.1) is 5.82 Å². The Morgan fingerprint density at radius 2 is 1.57 bits per heavy atom. The van der Waals surface area contributed by atoms with Crippen molar-refractivity contribution in [3.8, 4) is 0 Å². The Labute approximate surface area is 120 Å².